The lowest BCUT2D eigenvalue weighted by molar-refractivity contribution is -0.751. The molecular formula is C8H10N3S+. The molecule has 0 saturated heterocycles. The van der Waals surface area contributed by atoms with E-state index >= 15 is 0 Å². The van der Waals surface area contributed by atoms with E-state index in [-0.39, 0.29) is 0 Å². The summed E-state index contributed by atoms with van der Waals surface area (Å²) in [6, 6.07) is 2.07. The molecule has 0 N–H and O–H groups in total. The number of hydrogen-bond acceptors (Lipinski definition) is 3. The Morgan fingerprint density at radius 1 is 1.58 bits per heavy atom. The van der Waals surface area contributed by atoms with Gasteiger partial charge in [-0.05, 0) is 0 Å². The fraction of sp³-hybridized carbons (Fsp3) is 0.375. The molecule has 2 aromatic rings. The Morgan fingerprint density at radius 3 is 3.33 bits per heavy atom. The van der Waals surface area contributed by atoms with Crippen molar-refractivity contribution >= 4 is 21.7 Å². The number of fused-ring (bicyclic) bond motifs is 1. The Labute approximate surface area is 74.7 Å². The maximum atomic E-state index is 4.34. The smallest absolute Gasteiger partial charge is 0.220 e. The van der Waals surface area contributed by atoms with E-state index in [1.807, 2.05) is 16.4 Å². The Bertz CT molecular complexity index is 382. The van der Waals surface area contributed by atoms with Crippen molar-refractivity contribution in [2.75, 3.05) is 0 Å². The van der Waals surface area contributed by atoms with Gasteiger partial charge in [0.15, 0.2) is 12.7 Å². The van der Waals surface area contributed by atoms with E-state index in [4.69, 9.17) is 0 Å². The van der Waals surface area contributed by atoms with Crippen LogP contribution in [0.1, 0.15) is 13.3 Å². The first kappa shape index (κ1) is 7.61. The van der Waals surface area contributed by atoms with Crippen LogP contribution in [0.15, 0.2) is 17.8 Å². The number of nitrogens with zero attached hydrogens (tertiary/aromatic N) is 3. The number of aryl methyl sites for hydroxylation is 1. The van der Waals surface area contributed by atoms with Gasteiger partial charge < -0.3 is 0 Å². The van der Waals surface area contributed by atoms with Crippen molar-refractivity contribution < 1.29 is 4.68 Å². The lowest BCUT2D eigenvalue weighted by atomic mass is 10.5. The van der Waals surface area contributed by atoms with E-state index < -0.39 is 0 Å². The topological polar surface area (TPSA) is 29.7 Å². The van der Waals surface area contributed by atoms with Crippen LogP contribution in [0.5, 0.6) is 0 Å². The Morgan fingerprint density at radius 2 is 2.50 bits per heavy atom. The van der Waals surface area contributed by atoms with Gasteiger partial charge in [-0.1, -0.05) is 11.6 Å². The lowest BCUT2D eigenvalue weighted by Crippen LogP contribution is -2.37. The van der Waals surface area contributed by atoms with E-state index in [0.29, 0.717) is 0 Å². The molecule has 0 atom stereocenters. The highest BCUT2D eigenvalue weighted by atomic mass is 32.1. The minimum Gasteiger partial charge on any atom is -0.220 e. The van der Waals surface area contributed by atoms with Gasteiger partial charge in [0.1, 0.15) is 0 Å². The van der Waals surface area contributed by atoms with Crippen molar-refractivity contribution in [3.05, 3.63) is 17.8 Å². The predicted molar refractivity (Wildman–Crippen MR) is 47.9 cm³/mol. The summed E-state index contributed by atoms with van der Waals surface area (Å²) in [6.07, 6.45) is 3.11. The second-order valence-electron chi connectivity index (χ2n) is 2.62. The SMILES string of the molecule is CCC[n+]1ccc2scnc2n1. The molecule has 0 spiro atoms. The minimum absolute atomic E-state index is 0.857. The van der Waals surface area contributed by atoms with Crippen molar-refractivity contribution in [3.8, 4) is 0 Å². The van der Waals surface area contributed by atoms with Gasteiger partial charge in [-0.3, -0.25) is 0 Å². The fourth-order valence-corrected chi connectivity index (χ4v) is 1.71. The molecule has 0 aliphatic heterocycles. The third-order valence-corrected chi connectivity index (χ3v) is 2.43. The number of hydrogen-bond donors (Lipinski definition) is 0. The third kappa shape index (κ3) is 1.30. The van der Waals surface area contributed by atoms with Crippen molar-refractivity contribution in [2.24, 2.45) is 0 Å². The van der Waals surface area contributed by atoms with Crippen molar-refractivity contribution in [3.63, 3.8) is 0 Å². The molecule has 62 valence electrons. The third-order valence-electron chi connectivity index (χ3n) is 1.65. The van der Waals surface area contributed by atoms with Gasteiger partial charge in [-0.15, -0.1) is 11.3 Å². The van der Waals surface area contributed by atoms with Gasteiger partial charge in [0.05, 0.1) is 10.2 Å². The van der Waals surface area contributed by atoms with Gasteiger partial charge in [-0.25, -0.2) is 4.98 Å². The van der Waals surface area contributed by atoms with E-state index in [9.17, 15) is 0 Å². The summed E-state index contributed by atoms with van der Waals surface area (Å²) < 4.78 is 3.09. The highest BCUT2D eigenvalue weighted by Crippen LogP contribution is 2.11. The average molecular weight is 180 g/mol. The second kappa shape index (κ2) is 3.15. The molecule has 2 heterocycles. The zero-order chi connectivity index (χ0) is 8.39. The second-order valence-corrected chi connectivity index (χ2v) is 3.51. The van der Waals surface area contributed by atoms with Crippen LogP contribution in [0.2, 0.25) is 0 Å². The van der Waals surface area contributed by atoms with E-state index in [2.05, 4.69) is 23.1 Å². The normalized spacial score (nSPS) is 10.8. The molecular weight excluding hydrogens is 170 g/mol. The summed E-state index contributed by atoms with van der Waals surface area (Å²) in [4.78, 5) is 4.15. The highest BCUT2D eigenvalue weighted by molar-refractivity contribution is 7.16. The molecule has 2 rings (SSSR count). The van der Waals surface area contributed by atoms with Crippen LogP contribution in [0.3, 0.4) is 0 Å². The first-order valence-electron chi connectivity index (χ1n) is 4.00. The van der Waals surface area contributed by atoms with Crippen LogP contribution >= 0.6 is 11.3 Å². The van der Waals surface area contributed by atoms with Crippen molar-refractivity contribution in [1.82, 2.24) is 10.1 Å². The van der Waals surface area contributed by atoms with Crippen LogP contribution in [-0.2, 0) is 6.54 Å². The summed E-state index contributed by atoms with van der Waals surface area (Å²) in [7, 11) is 0. The zero-order valence-corrected chi connectivity index (χ0v) is 7.71. The molecule has 2 aromatic heterocycles. The molecule has 0 bridgehead atoms. The van der Waals surface area contributed by atoms with Crippen molar-refractivity contribution in [2.45, 2.75) is 19.9 Å². The summed E-state index contributed by atoms with van der Waals surface area (Å²) in [5.41, 5.74) is 2.68. The maximum Gasteiger partial charge on any atom is 0.237 e. The molecule has 12 heavy (non-hydrogen) atoms. The predicted octanol–water partition coefficient (Wildman–Crippen LogP) is 1.39. The van der Waals surface area contributed by atoms with Crippen LogP contribution in [-0.4, -0.2) is 10.1 Å². The molecule has 0 saturated carbocycles. The molecule has 0 aliphatic carbocycles. The molecule has 4 heteroatoms. The van der Waals surface area contributed by atoms with Gasteiger partial charge in [-0.2, -0.15) is 0 Å². The van der Waals surface area contributed by atoms with E-state index in [0.717, 1.165) is 23.3 Å². The molecule has 0 fully saturated rings. The van der Waals surface area contributed by atoms with Crippen LogP contribution in [0, 0.1) is 0 Å². The van der Waals surface area contributed by atoms with Crippen molar-refractivity contribution in [1.29, 1.82) is 0 Å². The Balaban J connectivity index is 2.46. The summed E-state index contributed by atoms with van der Waals surface area (Å²) >= 11 is 1.63. The maximum absolute atomic E-state index is 4.34. The largest absolute Gasteiger partial charge is 0.237 e. The van der Waals surface area contributed by atoms with Crippen LogP contribution in [0.4, 0.5) is 0 Å². The van der Waals surface area contributed by atoms with Crippen LogP contribution in [0.25, 0.3) is 10.3 Å². The minimum atomic E-state index is 0.857. The fourth-order valence-electron chi connectivity index (χ4n) is 1.10. The van der Waals surface area contributed by atoms with Gasteiger partial charge in [0.2, 0.25) is 5.65 Å². The summed E-state index contributed by atoms with van der Waals surface area (Å²) in [5, 5.41) is 4.34. The zero-order valence-electron chi connectivity index (χ0n) is 6.90. The molecule has 0 aliphatic rings. The standard InChI is InChI=1S/C8H10N3S/c1-2-4-11-5-3-7-8(10-11)9-6-12-7/h3,5-6H,2,4H2,1H3/q+1. The number of thiazole rings is 1. The molecule has 3 nitrogen and oxygen atoms in total. The van der Waals surface area contributed by atoms with E-state index in [1.54, 1.807) is 11.3 Å². The molecule has 0 unspecified atom stereocenters. The molecule has 0 amide bonds. The highest BCUT2D eigenvalue weighted by Gasteiger charge is 2.04. The first-order valence-corrected chi connectivity index (χ1v) is 4.88. The monoisotopic (exact) mass is 180 g/mol. The summed E-state index contributed by atoms with van der Waals surface area (Å²) in [5.74, 6) is 0. The Hall–Kier alpha value is -1.03. The Kier molecular flexibility index (Phi) is 1.99. The number of aromatic nitrogens is 3. The molecule has 0 aromatic carbocycles. The van der Waals surface area contributed by atoms with E-state index in [1.165, 1.54) is 0 Å². The van der Waals surface area contributed by atoms with Gasteiger partial charge in [0.25, 0.3) is 0 Å². The molecule has 0 radical (unpaired) electrons. The number of rotatable bonds is 2. The van der Waals surface area contributed by atoms with Gasteiger partial charge >= 0.3 is 0 Å². The quantitative estimate of drug-likeness (QED) is 0.654. The first-order chi connectivity index (χ1) is 5.90. The average Bonchev–Trinajstić information content (AvgIpc) is 2.51. The van der Waals surface area contributed by atoms with Crippen LogP contribution < -0.4 is 4.68 Å². The lowest BCUT2D eigenvalue weighted by Gasteiger charge is -1.88. The summed E-state index contributed by atoms with van der Waals surface area (Å²) in [6.45, 7) is 3.10. The van der Waals surface area contributed by atoms with Gasteiger partial charge in [0, 0.05) is 17.6 Å².